The monoisotopic (exact) mass is 388 g/mol. The molecule has 0 saturated carbocycles. The molecule has 2 aliphatic carbocycles. The summed E-state index contributed by atoms with van der Waals surface area (Å²) in [5.74, 6) is 0. The Morgan fingerprint density at radius 2 is 1.15 bits per heavy atom. The fraction of sp³-hybridized carbons (Fsp3) is 0.471. The fourth-order valence-corrected chi connectivity index (χ4v) is 11.6. The normalized spacial score (nSPS) is 17.1. The first kappa shape index (κ1) is 20.3. The Kier molecular flexibility index (Phi) is 8.18. The third-order valence-corrected chi connectivity index (χ3v) is 12.1. The van der Waals surface area contributed by atoms with Crippen LogP contribution in [0.4, 0.5) is 0 Å². The smallest absolute Gasteiger partial charge is 1.00 e. The number of hydrogen-bond donors (Lipinski definition) is 0. The standard InChI is InChI=1S/2C7H9.C3H6.2ClH.Zr/c2*1-6-3-4-7(2)5-6;1-3-2;;;/h2*5H,3H2,1-2H3;1-2H3;2*1H;/q;;;;;+2/p-2. The molecule has 0 amide bonds. The Labute approximate surface area is 144 Å². The van der Waals surface area contributed by atoms with Gasteiger partial charge in [0.25, 0.3) is 0 Å². The van der Waals surface area contributed by atoms with E-state index in [-0.39, 0.29) is 24.8 Å². The number of rotatable bonds is 2. The first-order chi connectivity index (χ1) is 8.40. The van der Waals surface area contributed by atoms with Gasteiger partial charge in [-0.05, 0) is 0 Å². The minimum absolute atomic E-state index is 0. The van der Waals surface area contributed by atoms with Crippen molar-refractivity contribution in [3.05, 3.63) is 41.0 Å². The molecule has 0 bridgehead atoms. The number of halogens is 2. The summed E-state index contributed by atoms with van der Waals surface area (Å²) in [6.07, 6.45) is 7.32. The summed E-state index contributed by atoms with van der Waals surface area (Å²) in [4.78, 5) is 0. The number of allylic oxidation sites excluding steroid dienone is 8. The van der Waals surface area contributed by atoms with E-state index >= 15 is 0 Å². The molecule has 0 N–H and O–H groups in total. The van der Waals surface area contributed by atoms with Gasteiger partial charge in [-0.15, -0.1) is 0 Å². The van der Waals surface area contributed by atoms with E-state index in [1.807, 2.05) is 6.56 Å². The zero-order valence-electron chi connectivity index (χ0n) is 13.3. The van der Waals surface area contributed by atoms with Crippen molar-refractivity contribution in [2.75, 3.05) is 0 Å². The van der Waals surface area contributed by atoms with E-state index in [0.717, 1.165) is 0 Å². The third-order valence-electron chi connectivity index (χ3n) is 3.89. The van der Waals surface area contributed by atoms with Crippen molar-refractivity contribution in [2.45, 2.75) is 54.4 Å². The van der Waals surface area contributed by atoms with Crippen LogP contribution in [-0.4, -0.2) is 3.21 Å². The van der Waals surface area contributed by atoms with Crippen molar-refractivity contribution in [2.24, 2.45) is 0 Å². The van der Waals surface area contributed by atoms with Crippen LogP contribution in [0.5, 0.6) is 0 Å². The molecule has 0 saturated heterocycles. The van der Waals surface area contributed by atoms with Crippen LogP contribution in [0.1, 0.15) is 54.4 Å². The Balaban J connectivity index is 0.00000180. The first-order valence-electron chi connectivity index (χ1n) is 6.82. The Bertz CT molecular complexity index is 510. The molecule has 0 aromatic heterocycles. The van der Waals surface area contributed by atoms with Crippen LogP contribution >= 0.6 is 0 Å². The van der Waals surface area contributed by atoms with E-state index in [2.05, 4.69) is 53.7 Å². The van der Waals surface area contributed by atoms with Crippen molar-refractivity contribution in [1.29, 1.82) is 0 Å². The minimum atomic E-state index is -1.70. The molecule has 0 atom stereocenters. The maximum Gasteiger partial charge on any atom is -1.00 e. The van der Waals surface area contributed by atoms with E-state index in [1.165, 1.54) is 12.8 Å². The van der Waals surface area contributed by atoms with Gasteiger partial charge in [0, 0.05) is 0 Å². The summed E-state index contributed by atoms with van der Waals surface area (Å²) in [5, 5.41) is 0. The molecule has 0 aromatic carbocycles. The minimum Gasteiger partial charge on any atom is -1.00 e. The molecule has 2 rings (SSSR count). The zero-order valence-corrected chi connectivity index (χ0v) is 17.3. The average molecular weight is 391 g/mol. The Morgan fingerprint density at radius 3 is 1.35 bits per heavy atom. The van der Waals surface area contributed by atoms with E-state index in [9.17, 15) is 0 Å². The quantitative estimate of drug-likeness (QED) is 0.572. The van der Waals surface area contributed by atoms with Crippen LogP contribution in [0, 0.1) is 0 Å². The largest absolute Gasteiger partial charge is 1.00 e. The summed E-state index contributed by atoms with van der Waals surface area (Å²) >= 11 is -1.70. The molecule has 0 aromatic rings. The van der Waals surface area contributed by atoms with Crippen LogP contribution in [0.25, 0.3) is 0 Å². The third kappa shape index (κ3) is 4.15. The van der Waals surface area contributed by atoms with Crippen LogP contribution in [0.2, 0.25) is 0 Å². The van der Waals surface area contributed by atoms with Gasteiger partial charge in [-0.3, -0.25) is 0 Å². The van der Waals surface area contributed by atoms with E-state index in [0.29, 0.717) is 0 Å². The van der Waals surface area contributed by atoms with Crippen molar-refractivity contribution >= 4 is 3.21 Å². The summed E-state index contributed by atoms with van der Waals surface area (Å²) < 4.78 is 5.38. The maximum atomic E-state index is 2.41. The average Bonchev–Trinajstić information content (AvgIpc) is 2.71. The second kappa shape index (κ2) is 8.07. The molecule has 0 nitrogen and oxygen atoms in total. The summed E-state index contributed by atoms with van der Waals surface area (Å²) in [7, 11) is 0. The molecule has 0 spiro atoms. The van der Waals surface area contributed by atoms with E-state index in [4.69, 9.17) is 0 Å². The topological polar surface area (TPSA) is 0 Å². The van der Waals surface area contributed by atoms with Gasteiger partial charge in [0.05, 0.1) is 0 Å². The van der Waals surface area contributed by atoms with Gasteiger partial charge in [0.2, 0.25) is 0 Å². The van der Waals surface area contributed by atoms with Gasteiger partial charge in [-0.25, -0.2) is 0 Å². The molecule has 2 aliphatic rings. The zero-order chi connectivity index (χ0) is 13.4. The second-order valence-corrected chi connectivity index (χ2v) is 13.3. The van der Waals surface area contributed by atoms with E-state index < -0.39 is 21.3 Å². The van der Waals surface area contributed by atoms with Gasteiger partial charge in [0.15, 0.2) is 0 Å². The van der Waals surface area contributed by atoms with Crippen molar-refractivity contribution in [3.8, 4) is 0 Å². The fourth-order valence-electron chi connectivity index (χ4n) is 3.21. The van der Waals surface area contributed by atoms with Crippen molar-refractivity contribution in [1.82, 2.24) is 0 Å². The van der Waals surface area contributed by atoms with Gasteiger partial charge < -0.3 is 24.8 Å². The van der Waals surface area contributed by atoms with Gasteiger partial charge in [0.1, 0.15) is 0 Å². The predicted molar refractivity (Wildman–Crippen MR) is 78.5 cm³/mol. The molecule has 20 heavy (non-hydrogen) atoms. The molecule has 110 valence electrons. The SMILES string of the molecule is CC1=CC(C)=[C]([Zr+2]([C]2=C(C)C=C(C)C2)=[C](C)C)C1.[Cl-].[Cl-]. The van der Waals surface area contributed by atoms with Gasteiger partial charge in [-0.2, -0.15) is 0 Å². The second-order valence-electron chi connectivity index (χ2n) is 6.03. The van der Waals surface area contributed by atoms with Crippen molar-refractivity contribution < 1.29 is 46.1 Å². The Morgan fingerprint density at radius 1 is 0.800 bits per heavy atom. The summed E-state index contributed by atoms with van der Waals surface area (Å²) in [5.41, 5.74) is 6.27. The van der Waals surface area contributed by atoms with Gasteiger partial charge in [-0.1, -0.05) is 0 Å². The molecule has 0 heterocycles. The Hall–Kier alpha value is 0.293. The molecular formula is C17H24Cl2Zr. The first-order valence-corrected chi connectivity index (χ1v) is 10.5. The molecule has 0 radical (unpaired) electrons. The molecule has 3 heteroatoms. The van der Waals surface area contributed by atoms with Crippen molar-refractivity contribution in [3.63, 3.8) is 0 Å². The molecule has 0 aliphatic heterocycles. The molecular weight excluding hydrogens is 366 g/mol. The van der Waals surface area contributed by atoms with Crippen LogP contribution < -0.4 is 24.8 Å². The van der Waals surface area contributed by atoms with Crippen LogP contribution in [0.3, 0.4) is 0 Å². The van der Waals surface area contributed by atoms with E-state index in [1.54, 1.807) is 25.5 Å². The van der Waals surface area contributed by atoms with Gasteiger partial charge >= 0.3 is 120 Å². The maximum absolute atomic E-state index is 2.41. The van der Waals surface area contributed by atoms with Crippen LogP contribution in [-0.2, 0) is 21.3 Å². The molecule has 0 unspecified atom stereocenters. The summed E-state index contributed by atoms with van der Waals surface area (Å²) in [6.45, 7) is 13.9. The predicted octanol–water partition coefficient (Wildman–Crippen LogP) is -0.927. The number of hydrogen-bond acceptors (Lipinski definition) is 0. The summed E-state index contributed by atoms with van der Waals surface area (Å²) in [6, 6.07) is 0. The molecule has 0 fully saturated rings. The van der Waals surface area contributed by atoms with Crippen LogP contribution in [0.15, 0.2) is 41.0 Å².